The Morgan fingerprint density at radius 3 is 2.56 bits per heavy atom. The number of amides is 1. The first-order valence-electron chi connectivity index (χ1n) is 5.82. The summed E-state index contributed by atoms with van der Waals surface area (Å²) in [6, 6.07) is 7.46. The predicted octanol–water partition coefficient (Wildman–Crippen LogP) is 0.729. The summed E-state index contributed by atoms with van der Waals surface area (Å²) in [5.41, 5.74) is 6.67. The van der Waals surface area contributed by atoms with Gasteiger partial charge >= 0.3 is 0 Å². The highest BCUT2D eigenvalue weighted by Crippen LogP contribution is 2.15. The van der Waals surface area contributed by atoms with Crippen LogP contribution in [-0.2, 0) is 11.2 Å². The van der Waals surface area contributed by atoms with E-state index in [1.807, 2.05) is 6.26 Å². The summed E-state index contributed by atoms with van der Waals surface area (Å²) < 4.78 is 0. The Labute approximate surface area is 112 Å². The molecule has 0 fully saturated rings. The molecule has 1 unspecified atom stereocenters. The van der Waals surface area contributed by atoms with Gasteiger partial charge in [-0.15, -0.1) is 11.8 Å². The normalized spacial score (nSPS) is 12.2. The molecular formula is C13H20N2O2S. The van der Waals surface area contributed by atoms with Crippen LogP contribution in [0, 0.1) is 0 Å². The summed E-state index contributed by atoms with van der Waals surface area (Å²) in [5, 5.41) is 8.82. The molecule has 0 heterocycles. The van der Waals surface area contributed by atoms with Crippen LogP contribution >= 0.6 is 11.8 Å². The maximum Gasteiger partial charge on any atom is 0.241 e. The number of thioether (sulfide) groups is 1. The summed E-state index contributed by atoms with van der Waals surface area (Å²) in [7, 11) is 1.70. The minimum absolute atomic E-state index is 0.224. The first kappa shape index (κ1) is 15.0. The lowest BCUT2D eigenvalue weighted by Crippen LogP contribution is -2.44. The van der Waals surface area contributed by atoms with E-state index in [0.29, 0.717) is 6.54 Å². The van der Waals surface area contributed by atoms with Gasteiger partial charge in [-0.1, -0.05) is 12.1 Å². The molecule has 3 N–H and O–H groups in total. The van der Waals surface area contributed by atoms with E-state index in [2.05, 4.69) is 24.3 Å². The Morgan fingerprint density at radius 2 is 2.06 bits per heavy atom. The zero-order valence-corrected chi connectivity index (χ0v) is 11.6. The van der Waals surface area contributed by atoms with Crippen molar-refractivity contribution in [2.75, 3.05) is 26.5 Å². The second-order valence-corrected chi connectivity index (χ2v) is 5.03. The van der Waals surface area contributed by atoms with Crippen molar-refractivity contribution in [2.45, 2.75) is 17.4 Å². The van der Waals surface area contributed by atoms with E-state index < -0.39 is 6.04 Å². The van der Waals surface area contributed by atoms with Gasteiger partial charge in [0.15, 0.2) is 0 Å². The molecule has 0 saturated carbocycles. The second kappa shape index (κ2) is 7.41. The quantitative estimate of drug-likeness (QED) is 0.746. The van der Waals surface area contributed by atoms with Crippen LogP contribution in [0.1, 0.15) is 5.56 Å². The van der Waals surface area contributed by atoms with Crippen molar-refractivity contribution in [2.24, 2.45) is 5.73 Å². The van der Waals surface area contributed by atoms with Crippen molar-refractivity contribution in [1.82, 2.24) is 4.90 Å². The van der Waals surface area contributed by atoms with Gasteiger partial charge in [-0.3, -0.25) is 4.79 Å². The zero-order valence-electron chi connectivity index (χ0n) is 10.8. The van der Waals surface area contributed by atoms with Gasteiger partial charge in [-0.2, -0.15) is 0 Å². The molecule has 5 heteroatoms. The number of aliphatic hydroxyl groups excluding tert-OH is 1. The fourth-order valence-electron chi connectivity index (χ4n) is 1.56. The zero-order chi connectivity index (χ0) is 13.5. The molecule has 100 valence electrons. The Bertz CT molecular complexity index is 381. The monoisotopic (exact) mass is 268 g/mol. The first-order chi connectivity index (χ1) is 8.58. The topological polar surface area (TPSA) is 66.6 Å². The van der Waals surface area contributed by atoms with Crippen LogP contribution < -0.4 is 5.73 Å². The second-order valence-electron chi connectivity index (χ2n) is 4.15. The number of aliphatic hydroxyl groups is 1. The maximum atomic E-state index is 11.6. The number of rotatable bonds is 6. The third kappa shape index (κ3) is 4.33. The van der Waals surface area contributed by atoms with Crippen LogP contribution in [0.4, 0.5) is 0 Å². The lowest BCUT2D eigenvalue weighted by Gasteiger charge is -2.20. The highest BCUT2D eigenvalue weighted by Gasteiger charge is 2.16. The SMILES string of the molecule is CSc1ccc(CCN(C)C(=O)C(N)CO)cc1. The van der Waals surface area contributed by atoms with Crippen LogP contribution in [0.15, 0.2) is 29.2 Å². The number of hydrogen-bond donors (Lipinski definition) is 2. The van der Waals surface area contributed by atoms with Gasteiger partial charge in [0.1, 0.15) is 6.04 Å². The van der Waals surface area contributed by atoms with Gasteiger partial charge < -0.3 is 15.7 Å². The van der Waals surface area contributed by atoms with Crippen molar-refractivity contribution in [3.05, 3.63) is 29.8 Å². The average molecular weight is 268 g/mol. The number of carbonyl (C=O) groups excluding carboxylic acids is 1. The maximum absolute atomic E-state index is 11.6. The van der Waals surface area contributed by atoms with Gasteiger partial charge in [0.2, 0.25) is 5.91 Å². The van der Waals surface area contributed by atoms with Crippen molar-refractivity contribution in [1.29, 1.82) is 0 Å². The molecule has 1 rings (SSSR count). The molecule has 0 aromatic heterocycles. The van der Waals surface area contributed by atoms with Gasteiger partial charge in [0.05, 0.1) is 6.61 Å². The predicted molar refractivity (Wildman–Crippen MR) is 74.6 cm³/mol. The smallest absolute Gasteiger partial charge is 0.241 e. The highest BCUT2D eigenvalue weighted by atomic mass is 32.2. The third-order valence-corrected chi connectivity index (χ3v) is 3.53. The average Bonchev–Trinajstić information content (AvgIpc) is 2.43. The number of nitrogens with two attached hydrogens (primary N) is 1. The molecule has 18 heavy (non-hydrogen) atoms. The van der Waals surface area contributed by atoms with Crippen molar-refractivity contribution >= 4 is 17.7 Å². The fourth-order valence-corrected chi connectivity index (χ4v) is 1.97. The molecule has 0 aliphatic carbocycles. The van der Waals surface area contributed by atoms with Gasteiger partial charge in [0, 0.05) is 18.5 Å². The number of nitrogens with zero attached hydrogens (tertiary/aromatic N) is 1. The van der Waals surface area contributed by atoms with Crippen molar-refractivity contribution in [3.63, 3.8) is 0 Å². The molecular weight excluding hydrogens is 248 g/mol. The molecule has 1 aromatic rings. The van der Waals surface area contributed by atoms with E-state index in [0.717, 1.165) is 6.42 Å². The van der Waals surface area contributed by atoms with Gasteiger partial charge in [0.25, 0.3) is 0 Å². The van der Waals surface area contributed by atoms with E-state index in [9.17, 15) is 4.79 Å². The van der Waals surface area contributed by atoms with Gasteiger partial charge in [-0.05, 0) is 30.4 Å². The molecule has 1 amide bonds. The van der Waals surface area contributed by atoms with Crippen molar-refractivity contribution in [3.8, 4) is 0 Å². The van der Waals surface area contributed by atoms with Crippen LogP contribution in [0.3, 0.4) is 0 Å². The third-order valence-electron chi connectivity index (χ3n) is 2.79. The van der Waals surface area contributed by atoms with E-state index in [-0.39, 0.29) is 12.5 Å². The summed E-state index contributed by atoms with van der Waals surface area (Å²) in [4.78, 5) is 14.4. The molecule has 0 bridgehead atoms. The molecule has 0 saturated heterocycles. The van der Waals surface area contributed by atoms with Crippen LogP contribution in [-0.4, -0.2) is 48.4 Å². The number of benzene rings is 1. The lowest BCUT2D eigenvalue weighted by molar-refractivity contribution is -0.132. The summed E-state index contributed by atoms with van der Waals surface area (Å²) in [6.07, 6.45) is 2.83. The first-order valence-corrected chi connectivity index (χ1v) is 7.05. The Kier molecular flexibility index (Phi) is 6.18. The van der Waals surface area contributed by atoms with Crippen molar-refractivity contribution < 1.29 is 9.90 Å². The van der Waals surface area contributed by atoms with E-state index in [4.69, 9.17) is 10.8 Å². The molecule has 0 aliphatic heterocycles. The van der Waals surface area contributed by atoms with Crippen LogP contribution in [0.5, 0.6) is 0 Å². The Morgan fingerprint density at radius 1 is 1.44 bits per heavy atom. The molecule has 4 nitrogen and oxygen atoms in total. The van der Waals surface area contributed by atoms with Crippen LogP contribution in [0.2, 0.25) is 0 Å². The summed E-state index contributed by atoms with van der Waals surface area (Å²) in [6.45, 7) is 0.288. The Balaban J connectivity index is 2.46. The van der Waals surface area contributed by atoms with E-state index in [1.54, 1.807) is 23.7 Å². The minimum atomic E-state index is -0.811. The standard InChI is InChI=1S/C13H20N2O2S/c1-15(13(17)12(14)9-16)8-7-10-3-5-11(18-2)6-4-10/h3-6,12,16H,7-9,14H2,1-2H3. The number of hydrogen-bond acceptors (Lipinski definition) is 4. The van der Waals surface area contributed by atoms with E-state index in [1.165, 1.54) is 10.5 Å². The van der Waals surface area contributed by atoms with Crippen LogP contribution in [0.25, 0.3) is 0 Å². The fraction of sp³-hybridized carbons (Fsp3) is 0.462. The summed E-state index contributed by atoms with van der Waals surface area (Å²) in [5.74, 6) is -0.224. The minimum Gasteiger partial charge on any atom is -0.394 e. The molecule has 0 spiro atoms. The van der Waals surface area contributed by atoms with Gasteiger partial charge in [-0.25, -0.2) is 0 Å². The molecule has 0 aliphatic rings. The Hall–Kier alpha value is -1.04. The number of carbonyl (C=O) groups is 1. The van der Waals surface area contributed by atoms with E-state index >= 15 is 0 Å². The summed E-state index contributed by atoms with van der Waals surface area (Å²) >= 11 is 1.70. The molecule has 1 aromatic carbocycles. The molecule has 0 radical (unpaired) electrons. The highest BCUT2D eigenvalue weighted by molar-refractivity contribution is 7.98. The molecule has 1 atom stereocenters. The largest absolute Gasteiger partial charge is 0.394 e. The lowest BCUT2D eigenvalue weighted by atomic mass is 10.1. The number of likely N-dealkylation sites (N-methyl/N-ethyl adjacent to an activating group) is 1.